The summed E-state index contributed by atoms with van der Waals surface area (Å²) in [5.41, 5.74) is 8.09. The number of para-hydroxylation sites is 1. The molecule has 4 nitrogen and oxygen atoms in total. The molecule has 0 amide bonds. The molecule has 0 aliphatic rings. The predicted molar refractivity (Wildman–Crippen MR) is 85.2 cm³/mol. The van der Waals surface area contributed by atoms with Gasteiger partial charge in [0.2, 0.25) is 0 Å². The highest BCUT2D eigenvalue weighted by atomic mass is 79.9. The van der Waals surface area contributed by atoms with Crippen LogP contribution in [-0.2, 0) is 6.54 Å². The van der Waals surface area contributed by atoms with Crippen LogP contribution in [0.15, 0.2) is 52.1 Å². The lowest BCUT2D eigenvalue weighted by Crippen LogP contribution is -2.22. The molecule has 6 heteroatoms. The second kappa shape index (κ2) is 6.58. The predicted octanol–water partition coefficient (Wildman–Crippen LogP) is 3.32. The minimum Gasteiger partial charge on any atom is -0.409 e. The van der Waals surface area contributed by atoms with E-state index in [4.69, 9.17) is 10.9 Å². The van der Waals surface area contributed by atoms with Crippen LogP contribution in [0.1, 0.15) is 11.1 Å². The van der Waals surface area contributed by atoms with E-state index in [0.717, 1.165) is 11.3 Å². The molecule has 0 fully saturated rings. The second-order valence-corrected chi connectivity index (χ2v) is 5.45. The first-order chi connectivity index (χ1) is 10.0. The molecule has 0 atom stereocenters. The smallest absolute Gasteiger partial charge is 0.172 e. The van der Waals surface area contributed by atoms with Gasteiger partial charge in [-0.15, -0.1) is 0 Å². The summed E-state index contributed by atoms with van der Waals surface area (Å²) in [5.74, 6) is -0.235. The van der Waals surface area contributed by atoms with E-state index in [9.17, 15) is 4.39 Å². The maximum Gasteiger partial charge on any atom is 0.172 e. The third-order valence-corrected chi connectivity index (χ3v) is 3.86. The highest BCUT2D eigenvalue weighted by molar-refractivity contribution is 9.10. The van der Waals surface area contributed by atoms with Crippen molar-refractivity contribution < 1.29 is 9.60 Å². The van der Waals surface area contributed by atoms with Crippen molar-refractivity contribution in [2.75, 3.05) is 11.9 Å². The third kappa shape index (κ3) is 3.52. The maximum absolute atomic E-state index is 13.1. The van der Waals surface area contributed by atoms with Crippen molar-refractivity contribution in [3.63, 3.8) is 0 Å². The molecule has 0 aromatic heterocycles. The Hall–Kier alpha value is -2.08. The monoisotopic (exact) mass is 351 g/mol. The average molecular weight is 352 g/mol. The Morgan fingerprint density at radius 2 is 2.05 bits per heavy atom. The normalized spacial score (nSPS) is 11.5. The summed E-state index contributed by atoms with van der Waals surface area (Å²) in [5, 5.41) is 11.9. The van der Waals surface area contributed by atoms with Crippen LogP contribution in [0.4, 0.5) is 10.1 Å². The molecule has 0 saturated heterocycles. The number of hydrogen-bond donors (Lipinski definition) is 2. The molecule has 0 spiro atoms. The van der Waals surface area contributed by atoms with Gasteiger partial charge in [-0.3, -0.25) is 0 Å². The number of halogens is 2. The molecule has 0 unspecified atom stereocenters. The van der Waals surface area contributed by atoms with Crippen molar-refractivity contribution in [3.8, 4) is 0 Å². The summed E-state index contributed by atoms with van der Waals surface area (Å²) in [7, 11) is 1.89. The number of nitrogens with two attached hydrogens (primary N) is 1. The first-order valence-corrected chi connectivity index (χ1v) is 7.04. The first-order valence-electron chi connectivity index (χ1n) is 6.25. The summed E-state index contributed by atoms with van der Waals surface area (Å²) in [6.07, 6.45) is 0. The molecule has 0 aliphatic carbocycles. The van der Waals surface area contributed by atoms with Gasteiger partial charge in [0.15, 0.2) is 5.84 Å². The van der Waals surface area contributed by atoms with Crippen molar-refractivity contribution >= 4 is 27.5 Å². The van der Waals surface area contributed by atoms with Gasteiger partial charge in [-0.1, -0.05) is 39.3 Å². The standard InChI is InChI=1S/C15H15BrFN3O/c1-20(9-10-6-7-11(17)8-13(10)16)14-5-3-2-4-12(14)15(18)19-21/h2-8,21H,9H2,1H3,(H2,18,19). The van der Waals surface area contributed by atoms with Crippen LogP contribution >= 0.6 is 15.9 Å². The molecule has 110 valence electrons. The SMILES string of the molecule is CN(Cc1ccc(F)cc1Br)c1ccccc1/C(N)=N/O. The molecule has 21 heavy (non-hydrogen) atoms. The van der Waals surface area contributed by atoms with Crippen LogP contribution in [0.3, 0.4) is 0 Å². The lowest BCUT2D eigenvalue weighted by molar-refractivity contribution is 0.318. The number of oxime groups is 1. The van der Waals surface area contributed by atoms with Crippen LogP contribution in [-0.4, -0.2) is 18.1 Å². The minimum atomic E-state index is -0.287. The van der Waals surface area contributed by atoms with Gasteiger partial charge < -0.3 is 15.8 Å². The third-order valence-electron chi connectivity index (χ3n) is 3.12. The average Bonchev–Trinajstić information content (AvgIpc) is 2.49. The van der Waals surface area contributed by atoms with Crippen LogP contribution in [0, 0.1) is 5.82 Å². The summed E-state index contributed by atoms with van der Waals surface area (Å²) in [6, 6.07) is 11.9. The van der Waals surface area contributed by atoms with Crippen LogP contribution in [0.5, 0.6) is 0 Å². The fraction of sp³-hybridized carbons (Fsp3) is 0.133. The Kier molecular flexibility index (Phi) is 4.80. The summed E-state index contributed by atoms with van der Waals surface area (Å²) >= 11 is 3.35. The molecular weight excluding hydrogens is 337 g/mol. The van der Waals surface area contributed by atoms with Gasteiger partial charge in [0.25, 0.3) is 0 Å². The molecule has 0 radical (unpaired) electrons. The fourth-order valence-electron chi connectivity index (χ4n) is 2.07. The van der Waals surface area contributed by atoms with Gasteiger partial charge in [-0.2, -0.15) is 0 Å². The maximum atomic E-state index is 13.1. The van der Waals surface area contributed by atoms with E-state index in [1.54, 1.807) is 12.1 Å². The van der Waals surface area contributed by atoms with E-state index in [-0.39, 0.29) is 11.7 Å². The van der Waals surface area contributed by atoms with E-state index in [2.05, 4.69) is 21.1 Å². The fourth-order valence-corrected chi connectivity index (χ4v) is 2.54. The number of benzene rings is 2. The van der Waals surface area contributed by atoms with Crippen molar-refractivity contribution in [1.82, 2.24) is 0 Å². The van der Waals surface area contributed by atoms with E-state index in [1.807, 2.05) is 30.1 Å². The Morgan fingerprint density at radius 3 is 2.71 bits per heavy atom. The van der Waals surface area contributed by atoms with Gasteiger partial charge in [0, 0.05) is 29.3 Å². The molecular formula is C15H15BrFN3O. The zero-order chi connectivity index (χ0) is 15.4. The Balaban J connectivity index is 2.30. The van der Waals surface area contributed by atoms with Crippen LogP contribution in [0.2, 0.25) is 0 Å². The van der Waals surface area contributed by atoms with E-state index >= 15 is 0 Å². The van der Waals surface area contributed by atoms with Crippen molar-refractivity contribution in [3.05, 3.63) is 63.9 Å². The minimum absolute atomic E-state index is 0.0515. The van der Waals surface area contributed by atoms with Crippen molar-refractivity contribution in [2.24, 2.45) is 10.9 Å². The molecule has 2 aromatic carbocycles. The molecule has 0 aliphatic heterocycles. The number of nitrogens with zero attached hydrogens (tertiary/aromatic N) is 2. The number of rotatable bonds is 4. The van der Waals surface area contributed by atoms with E-state index < -0.39 is 0 Å². The topological polar surface area (TPSA) is 61.8 Å². The summed E-state index contributed by atoms with van der Waals surface area (Å²) < 4.78 is 13.8. The quantitative estimate of drug-likeness (QED) is 0.384. The largest absolute Gasteiger partial charge is 0.409 e. The summed E-state index contributed by atoms with van der Waals surface area (Å²) in [4.78, 5) is 1.95. The molecule has 0 bridgehead atoms. The molecule has 0 saturated carbocycles. The molecule has 3 N–H and O–H groups in total. The lowest BCUT2D eigenvalue weighted by Gasteiger charge is -2.22. The number of anilines is 1. The van der Waals surface area contributed by atoms with Gasteiger partial charge >= 0.3 is 0 Å². The zero-order valence-corrected chi connectivity index (χ0v) is 13.0. The highest BCUT2D eigenvalue weighted by Gasteiger charge is 2.12. The number of amidine groups is 1. The first kappa shape index (κ1) is 15.3. The van der Waals surface area contributed by atoms with E-state index in [1.165, 1.54) is 12.1 Å². The Morgan fingerprint density at radius 1 is 1.33 bits per heavy atom. The van der Waals surface area contributed by atoms with Crippen LogP contribution in [0.25, 0.3) is 0 Å². The Labute approximate surface area is 130 Å². The van der Waals surface area contributed by atoms with Crippen LogP contribution < -0.4 is 10.6 Å². The van der Waals surface area contributed by atoms with Crippen molar-refractivity contribution in [1.29, 1.82) is 0 Å². The highest BCUT2D eigenvalue weighted by Crippen LogP contribution is 2.24. The lowest BCUT2D eigenvalue weighted by atomic mass is 10.1. The van der Waals surface area contributed by atoms with Gasteiger partial charge in [-0.05, 0) is 29.8 Å². The second-order valence-electron chi connectivity index (χ2n) is 4.59. The molecule has 0 heterocycles. The van der Waals surface area contributed by atoms with Gasteiger partial charge in [0.1, 0.15) is 5.82 Å². The zero-order valence-electron chi connectivity index (χ0n) is 11.4. The molecule has 2 aromatic rings. The van der Waals surface area contributed by atoms with Gasteiger partial charge in [-0.25, -0.2) is 4.39 Å². The molecule has 2 rings (SSSR count). The Bertz CT molecular complexity index is 676. The summed E-state index contributed by atoms with van der Waals surface area (Å²) in [6.45, 7) is 0.552. The number of hydrogen-bond acceptors (Lipinski definition) is 3. The van der Waals surface area contributed by atoms with E-state index in [0.29, 0.717) is 16.6 Å². The van der Waals surface area contributed by atoms with Crippen molar-refractivity contribution in [2.45, 2.75) is 6.54 Å². The van der Waals surface area contributed by atoms with Gasteiger partial charge in [0.05, 0.1) is 0 Å².